The van der Waals surface area contributed by atoms with Gasteiger partial charge in [-0.25, -0.2) is 8.42 Å². The summed E-state index contributed by atoms with van der Waals surface area (Å²) in [5.41, 5.74) is 1.05. The van der Waals surface area contributed by atoms with Crippen LogP contribution in [0.3, 0.4) is 0 Å². The van der Waals surface area contributed by atoms with E-state index in [1.54, 1.807) is 38.5 Å². The average Bonchev–Trinajstić information content (AvgIpc) is 2.77. The maximum absolute atomic E-state index is 13.0. The third-order valence-corrected chi connectivity index (χ3v) is 5.79. The molecule has 0 amide bonds. The van der Waals surface area contributed by atoms with E-state index >= 15 is 0 Å². The fraction of sp³-hybridized carbons (Fsp3) is 0.357. The van der Waals surface area contributed by atoms with Crippen LogP contribution in [-0.2, 0) is 23.6 Å². The Balaban J connectivity index is 2.43. The van der Waals surface area contributed by atoms with E-state index in [1.165, 1.54) is 8.99 Å². The van der Waals surface area contributed by atoms with E-state index in [0.717, 1.165) is 5.56 Å². The normalized spacial score (nSPS) is 11.6. The predicted molar refractivity (Wildman–Crippen MR) is 85.0 cm³/mol. The number of nitrogens with zero attached hydrogens (tertiary/aromatic N) is 5. The molecule has 9 heteroatoms. The Kier molecular flexibility index (Phi) is 5.36. The van der Waals surface area contributed by atoms with Crippen molar-refractivity contribution in [1.29, 1.82) is 5.26 Å². The van der Waals surface area contributed by atoms with Gasteiger partial charge in [0, 0.05) is 39.0 Å². The molecule has 7 nitrogen and oxygen atoms in total. The molecule has 23 heavy (non-hydrogen) atoms. The van der Waals surface area contributed by atoms with E-state index in [-0.39, 0.29) is 29.6 Å². The van der Waals surface area contributed by atoms with Crippen LogP contribution in [-0.4, -0.2) is 34.0 Å². The summed E-state index contributed by atoms with van der Waals surface area (Å²) < 4.78 is 28.5. The molecular formula is C14H16ClN5O2S. The molecule has 2 aromatic rings. The zero-order valence-corrected chi connectivity index (χ0v) is 14.3. The Bertz CT molecular complexity index is 827. The number of hydrogen-bond donors (Lipinski definition) is 0. The molecule has 0 aliphatic heterocycles. The molecule has 122 valence electrons. The molecular weight excluding hydrogens is 338 g/mol. The van der Waals surface area contributed by atoms with Gasteiger partial charge in [0.1, 0.15) is 10.0 Å². The van der Waals surface area contributed by atoms with E-state index in [0.29, 0.717) is 5.69 Å². The van der Waals surface area contributed by atoms with E-state index in [9.17, 15) is 8.42 Å². The quantitative estimate of drug-likeness (QED) is 0.790. The molecule has 0 aromatic carbocycles. The van der Waals surface area contributed by atoms with Gasteiger partial charge in [-0.1, -0.05) is 17.7 Å². The first-order valence-electron chi connectivity index (χ1n) is 6.83. The fourth-order valence-electron chi connectivity index (χ4n) is 2.19. The second-order valence-electron chi connectivity index (χ2n) is 4.94. The first-order valence-corrected chi connectivity index (χ1v) is 8.65. The molecule has 0 fully saturated rings. The highest BCUT2D eigenvalue weighted by Crippen LogP contribution is 2.28. The van der Waals surface area contributed by atoms with Crippen molar-refractivity contribution in [2.45, 2.75) is 24.8 Å². The van der Waals surface area contributed by atoms with Gasteiger partial charge in [-0.05, 0) is 18.6 Å². The predicted octanol–water partition coefficient (Wildman–Crippen LogP) is 1.88. The van der Waals surface area contributed by atoms with Gasteiger partial charge in [-0.3, -0.25) is 9.67 Å². The van der Waals surface area contributed by atoms with E-state index in [1.807, 2.05) is 6.07 Å². The third kappa shape index (κ3) is 3.69. The van der Waals surface area contributed by atoms with Crippen molar-refractivity contribution in [2.24, 2.45) is 7.05 Å². The first kappa shape index (κ1) is 17.4. The summed E-state index contributed by atoms with van der Waals surface area (Å²) in [7, 11) is -2.29. The van der Waals surface area contributed by atoms with Gasteiger partial charge in [0.2, 0.25) is 10.0 Å². The van der Waals surface area contributed by atoms with Crippen LogP contribution in [0.5, 0.6) is 0 Å². The number of rotatable bonds is 6. The molecule has 0 N–H and O–H groups in total. The van der Waals surface area contributed by atoms with Crippen molar-refractivity contribution in [3.8, 4) is 6.07 Å². The highest BCUT2D eigenvalue weighted by Gasteiger charge is 2.31. The minimum atomic E-state index is -3.87. The Hall–Kier alpha value is -1.95. The van der Waals surface area contributed by atoms with Gasteiger partial charge in [0.25, 0.3) is 0 Å². The molecule has 0 atom stereocenters. The van der Waals surface area contributed by atoms with Gasteiger partial charge in [-0.15, -0.1) is 0 Å². The Morgan fingerprint density at radius 1 is 1.48 bits per heavy atom. The zero-order valence-electron chi connectivity index (χ0n) is 12.8. The average molecular weight is 354 g/mol. The van der Waals surface area contributed by atoms with E-state index in [4.69, 9.17) is 16.9 Å². The summed E-state index contributed by atoms with van der Waals surface area (Å²) in [4.78, 5) is 3.96. The molecule has 0 saturated carbocycles. The number of aromatic nitrogens is 3. The second-order valence-corrected chi connectivity index (χ2v) is 7.17. The maximum Gasteiger partial charge on any atom is 0.248 e. The smallest absolute Gasteiger partial charge is 0.248 e. The standard InChI is InChI=1S/C14H16ClN5O2S/c1-11-13(14(15)19(2)18-11)23(21,22)20(8-4-6-16)10-12-5-3-7-17-9-12/h3,5,7,9H,4,8,10H2,1-2H3. The van der Waals surface area contributed by atoms with Gasteiger partial charge in [0.05, 0.1) is 11.8 Å². The maximum atomic E-state index is 13.0. The highest BCUT2D eigenvalue weighted by molar-refractivity contribution is 7.89. The van der Waals surface area contributed by atoms with Crippen molar-refractivity contribution in [1.82, 2.24) is 19.1 Å². The lowest BCUT2D eigenvalue weighted by Gasteiger charge is -2.21. The molecule has 0 aliphatic rings. The van der Waals surface area contributed by atoms with Crippen molar-refractivity contribution in [2.75, 3.05) is 6.54 Å². The summed E-state index contributed by atoms with van der Waals surface area (Å²) in [6, 6.07) is 5.47. The number of hydrogen-bond acceptors (Lipinski definition) is 5. The lowest BCUT2D eigenvalue weighted by molar-refractivity contribution is 0.412. The Morgan fingerprint density at radius 2 is 2.22 bits per heavy atom. The molecule has 2 heterocycles. The molecule has 2 rings (SSSR count). The van der Waals surface area contributed by atoms with Crippen LogP contribution in [0.2, 0.25) is 5.15 Å². The van der Waals surface area contributed by atoms with Crippen LogP contribution in [0.1, 0.15) is 17.7 Å². The number of nitriles is 1. The van der Waals surface area contributed by atoms with E-state index < -0.39 is 10.0 Å². The molecule has 0 unspecified atom stereocenters. The van der Waals surface area contributed by atoms with Gasteiger partial charge in [0.15, 0.2) is 0 Å². The molecule has 0 radical (unpaired) electrons. The van der Waals surface area contributed by atoms with Crippen LogP contribution in [0.25, 0.3) is 0 Å². The SMILES string of the molecule is Cc1nn(C)c(Cl)c1S(=O)(=O)N(CCC#N)Cc1cccnc1. The summed E-state index contributed by atoms with van der Waals surface area (Å²) in [6.45, 7) is 1.77. The summed E-state index contributed by atoms with van der Waals surface area (Å²) in [6.07, 6.45) is 3.28. The molecule has 0 aliphatic carbocycles. The van der Waals surface area contributed by atoms with Crippen LogP contribution in [0.4, 0.5) is 0 Å². The van der Waals surface area contributed by atoms with Crippen molar-refractivity contribution < 1.29 is 8.42 Å². The fourth-order valence-corrected chi connectivity index (χ4v) is 4.32. The topological polar surface area (TPSA) is 91.9 Å². The molecule has 0 spiro atoms. The number of halogens is 1. The number of pyridine rings is 1. The minimum Gasteiger partial charge on any atom is -0.264 e. The van der Waals surface area contributed by atoms with Crippen LogP contribution in [0.15, 0.2) is 29.4 Å². The summed E-state index contributed by atoms with van der Waals surface area (Å²) >= 11 is 6.10. The summed E-state index contributed by atoms with van der Waals surface area (Å²) in [5.74, 6) is 0. The van der Waals surface area contributed by atoms with Gasteiger partial charge < -0.3 is 0 Å². The van der Waals surface area contributed by atoms with Crippen LogP contribution in [0, 0.1) is 18.3 Å². The van der Waals surface area contributed by atoms with Crippen molar-refractivity contribution >= 4 is 21.6 Å². The van der Waals surface area contributed by atoms with E-state index in [2.05, 4.69) is 10.1 Å². The van der Waals surface area contributed by atoms with Crippen molar-refractivity contribution in [3.63, 3.8) is 0 Å². The molecule has 0 bridgehead atoms. The van der Waals surface area contributed by atoms with Gasteiger partial charge >= 0.3 is 0 Å². The lowest BCUT2D eigenvalue weighted by Crippen LogP contribution is -2.32. The summed E-state index contributed by atoms with van der Waals surface area (Å²) in [5, 5.41) is 12.9. The largest absolute Gasteiger partial charge is 0.264 e. The number of aryl methyl sites for hydroxylation is 2. The number of sulfonamides is 1. The third-order valence-electron chi connectivity index (χ3n) is 3.25. The van der Waals surface area contributed by atoms with Crippen LogP contribution >= 0.6 is 11.6 Å². The van der Waals surface area contributed by atoms with Crippen LogP contribution < -0.4 is 0 Å². The van der Waals surface area contributed by atoms with Crippen molar-refractivity contribution in [3.05, 3.63) is 40.9 Å². The van der Waals surface area contributed by atoms with Gasteiger partial charge in [-0.2, -0.15) is 14.7 Å². The zero-order chi connectivity index (χ0) is 17.0. The molecule has 2 aromatic heterocycles. The Labute approximate surface area is 140 Å². The monoisotopic (exact) mass is 353 g/mol. The molecule has 0 saturated heterocycles. The lowest BCUT2D eigenvalue weighted by atomic mass is 10.3. The second kappa shape index (κ2) is 7.08. The minimum absolute atomic E-state index is 0.0245. The Morgan fingerprint density at radius 3 is 2.74 bits per heavy atom. The highest BCUT2D eigenvalue weighted by atomic mass is 35.5. The first-order chi connectivity index (χ1) is 10.9.